The highest BCUT2D eigenvalue weighted by Crippen LogP contribution is 2.23. The summed E-state index contributed by atoms with van der Waals surface area (Å²) in [5.41, 5.74) is -0.347. The van der Waals surface area contributed by atoms with Gasteiger partial charge in [0.1, 0.15) is 17.2 Å². The van der Waals surface area contributed by atoms with Crippen LogP contribution in [0.2, 0.25) is 0 Å². The molecule has 0 saturated heterocycles. The molecule has 2 aromatic rings. The SMILES string of the molecule is CC(C)(C)OC(=O)N(C(=O)OC(C)(C)C)[C@H](Cc1c[nH]c2ccccc12)C(=O)O. The molecular formula is C21H28N2O6. The summed E-state index contributed by atoms with van der Waals surface area (Å²) in [7, 11) is 0. The second-order valence-electron chi connectivity index (χ2n) is 8.75. The number of benzene rings is 1. The van der Waals surface area contributed by atoms with Gasteiger partial charge in [0.15, 0.2) is 0 Å². The Morgan fingerprint density at radius 3 is 2.00 bits per heavy atom. The maximum absolute atomic E-state index is 12.8. The molecule has 1 aromatic heterocycles. The highest BCUT2D eigenvalue weighted by molar-refractivity contribution is 5.94. The van der Waals surface area contributed by atoms with Crippen LogP contribution in [0.25, 0.3) is 10.9 Å². The van der Waals surface area contributed by atoms with E-state index in [9.17, 15) is 19.5 Å². The Labute approximate surface area is 169 Å². The Kier molecular flexibility index (Phi) is 6.25. The molecule has 0 saturated carbocycles. The number of nitrogens with one attached hydrogen (secondary N) is 1. The molecule has 1 atom stereocenters. The number of aromatic nitrogens is 1. The molecule has 0 aliphatic rings. The first-order valence-electron chi connectivity index (χ1n) is 9.31. The molecule has 0 fully saturated rings. The molecule has 8 heteroatoms. The number of aliphatic carboxylic acids is 1. The fourth-order valence-corrected chi connectivity index (χ4v) is 2.75. The molecule has 0 spiro atoms. The summed E-state index contributed by atoms with van der Waals surface area (Å²) in [5.74, 6) is -1.34. The summed E-state index contributed by atoms with van der Waals surface area (Å²) in [4.78, 5) is 41.2. The molecule has 0 radical (unpaired) electrons. The Hall–Kier alpha value is -3.03. The molecule has 29 heavy (non-hydrogen) atoms. The number of carboxylic acids is 1. The number of carboxylic acid groups (broad SMARTS) is 1. The molecule has 2 amide bonds. The van der Waals surface area contributed by atoms with Crippen LogP contribution in [0.4, 0.5) is 9.59 Å². The molecule has 0 unspecified atom stereocenters. The zero-order valence-corrected chi connectivity index (χ0v) is 17.6. The van der Waals surface area contributed by atoms with Crippen molar-refractivity contribution in [2.45, 2.75) is 65.2 Å². The molecule has 2 N–H and O–H groups in total. The number of ether oxygens (including phenoxy) is 2. The number of nitrogens with zero attached hydrogens (tertiary/aromatic N) is 1. The largest absolute Gasteiger partial charge is 0.480 e. The fourth-order valence-electron chi connectivity index (χ4n) is 2.75. The van der Waals surface area contributed by atoms with Gasteiger partial charge in [0.25, 0.3) is 0 Å². The molecule has 0 aliphatic heterocycles. The van der Waals surface area contributed by atoms with Crippen LogP contribution in [-0.2, 0) is 20.7 Å². The van der Waals surface area contributed by atoms with Crippen LogP contribution in [0.3, 0.4) is 0 Å². The van der Waals surface area contributed by atoms with Crippen LogP contribution in [-0.4, -0.2) is 50.4 Å². The number of carbonyl (C=O) groups excluding carboxylic acids is 2. The molecule has 1 aromatic carbocycles. The quantitative estimate of drug-likeness (QED) is 0.785. The Morgan fingerprint density at radius 1 is 1.00 bits per heavy atom. The van der Waals surface area contributed by atoms with Gasteiger partial charge in [0.05, 0.1) is 0 Å². The summed E-state index contributed by atoms with van der Waals surface area (Å²) in [6.45, 7) is 9.80. The highest BCUT2D eigenvalue weighted by atomic mass is 16.6. The molecule has 8 nitrogen and oxygen atoms in total. The van der Waals surface area contributed by atoms with Gasteiger partial charge >= 0.3 is 18.2 Å². The van der Waals surface area contributed by atoms with E-state index in [1.54, 1.807) is 47.7 Å². The summed E-state index contributed by atoms with van der Waals surface area (Å²) in [5, 5.41) is 10.7. The number of H-pyrrole nitrogens is 1. The van der Waals surface area contributed by atoms with Gasteiger partial charge in [0, 0.05) is 23.5 Å². The fraction of sp³-hybridized carbons (Fsp3) is 0.476. The number of rotatable bonds is 4. The molecule has 0 bridgehead atoms. The first kappa shape index (κ1) is 22.3. The Balaban J connectivity index is 2.43. The number of carbonyl (C=O) groups is 3. The minimum Gasteiger partial charge on any atom is -0.480 e. The maximum Gasteiger partial charge on any atom is 0.420 e. The Bertz CT molecular complexity index is 876. The zero-order chi connectivity index (χ0) is 22.0. The minimum absolute atomic E-state index is 0.0994. The summed E-state index contributed by atoms with van der Waals surface area (Å²) >= 11 is 0. The van der Waals surface area contributed by atoms with E-state index >= 15 is 0 Å². The number of amides is 2. The van der Waals surface area contributed by atoms with Gasteiger partial charge in [-0.15, -0.1) is 0 Å². The van der Waals surface area contributed by atoms with E-state index in [1.165, 1.54) is 0 Å². The molecule has 0 aliphatic carbocycles. The Morgan fingerprint density at radius 2 is 1.52 bits per heavy atom. The lowest BCUT2D eigenvalue weighted by Crippen LogP contribution is -2.52. The van der Waals surface area contributed by atoms with E-state index in [1.807, 2.05) is 24.3 Å². The van der Waals surface area contributed by atoms with Crippen molar-refractivity contribution in [3.63, 3.8) is 0 Å². The number of hydrogen-bond donors (Lipinski definition) is 2. The van der Waals surface area contributed by atoms with Crippen LogP contribution in [0.5, 0.6) is 0 Å². The van der Waals surface area contributed by atoms with Gasteiger partial charge in [-0.3, -0.25) is 0 Å². The topological polar surface area (TPSA) is 109 Å². The smallest absolute Gasteiger partial charge is 0.420 e. The van der Waals surface area contributed by atoms with Crippen LogP contribution >= 0.6 is 0 Å². The first-order chi connectivity index (χ1) is 13.3. The number of para-hydroxylation sites is 1. The highest BCUT2D eigenvalue weighted by Gasteiger charge is 2.40. The third kappa shape index (κ3) is 5.97. The summed E-state index contributed by atoms with van der Waals surface area (Å²) in [6, 6.07) is 5.87. The van der Waals surface area contributed by atoms with Crippen molar-refractivity contribution in [3.8, 4) is 0 Å². The molecule has 158 valence electrons. The van der Waals surface area contributed by atoms with Gasteiger partial charge in [0.2, 0.25) is 0 Å². The molecular weight excluding hydrogens is 376 g/mol. The van der Waals surface area contributed by atoms with Crippen LogP contribution in [0.1, 0.15) is 47.1 Å². The second-order valence-corrected chi connectivity index (χ2v) is 8.75. The average molecular weight is 404 g/mol. The minimum atomic E-state index is -1.50. The monoisotopic (exact) mass is 404 g/mol. The van der Waals surface area contributed by atoms with Gasteiger partial charge in [-0.1, -0.05) is 18.2 Å². The number of aromatic amines is 1. The molecule has 1 heterocycles. The summed E-state index contributed by atoms with van der Waals surface area (Å²) < 4.78 is 10.6. The predicted molar refractivity (Wildman–Crippen MR) is 108 cm³/mol. The van der Waals surface area contributed by atoms with Gasteiger partial charge < -0.3 is 19.6 Å². The van der Waals surface area contributed by atoms with Crippen LogP contribution in [0.15, 0.2) is 30.5 Å². The third-order valence-electron chi connectivity index (χ3n) is 3.87. The van der Waals surface area contributed by atoms with Crippen LogP contribution in [0, 0.1) is 0 Å². The lowest BCUT2D eigenvalue weighted by Gasteiger charge is -2.31. The van der Waals surface area contributed by atoms with Crippen LogP contribution < -0.4 is 0 Å². The van der Waals surface area contributed by atoms with Crippen molar-refractivity contribution in [2.24, 2.45) is 0 Å². The van der Waals surface area contributed by atoms with E-state index in [-0.39, 0.29) is 6.42 Å². The van der Waals surface area contributed by atoms with Crippen molar-refractivity contribution in [3.05, 3.63) is 36.0 Å². The number of hydrogen-bond acceptors (Lipinski definition) is 5. The van der Waals surface area contributed by atoms with E-state index < -0.39 is 35.4 Å². The van der Waals surface area contributed by atoms with Crippen molar-refractivity contribution < 1.29 is 29.0 Å². The standard InChI is InChI=1S/C21H28N2O6/c1-20(2,3)28-18(26)23(19(27)29-21(4,5)6)16(17(24)25)11-13-12-22-15-10-8-7-9-14(13)15/h7-10,12,16,22H,11H2,1-6H3,(H,24,25)/t16-/m1/s1. The van der Waals surface area contributed by atoms with Gasteiger partial charge in [-0.25, -0.2) is 14.4 Å². The van der Waals surface area contributed by atoms with Crippen molar-refractivity contribution in [1.29, 1.82) is 0 Å². The average Bonchev–Trinajstić information content (AvgIpc) is 2.94. The van der Waals surface area contributed by atoms with Crippen molar-refractivity contribution in [1.82, 2.24) is 9.88 Å². The van der Waals surface area contributed by atoms with E-state index in [0.717, 1.165) is 10.9 Å². The predicted octanol–water partition coefficient (Wildman–Crippen LogP) is 4.34. The first-order valence-corrected chi connectivity index (χ1v) is 9.31. The summed E-state index contributed by atoms with van der Waals surface area (Å²) in [6.07, 6.45) is -0.571. The lowest BCUT2D eigenvalue weighted by atomic mass is 10.0. The second kappa shape index (κ2) is 8.14. The lowest BCUT2D eigenvalue weighted by molar-refractivity contribution is -0.143. The van der Waals surface area contributed by atoms with E-state index in [0.29, 0.717) is 10.5 Å². The third-order valence-corrected chi connectivity index (χ3v) is 3.87. The normalized spacial score (nSPS) is 13.0. The van der Waals surface area contributed by atoms with E-state index in [2.05, 4.69) is 4.98 Å². The van der Waals surface area contributed by atoms with Crippen molar-refractivity contribution >= 4 is 29.1 Å². The van der Waals surface area contributed by atoms with E-state index in [4.69, 9.17) is 9.47 Å². The number of imide groups is 1. The molecule has 2 rings (SSSR count). The van der Waals surface area contributed by atoms with Crippen molar-refractivity contribution in [2.75, 3.05) is 0 Å². The maximum atomic E-state index is 12.8. The van der Waals surface area contributed by atoms with Gasteiger partial charge in [-0.2, -0.15) is 4.90 Å². The zero-order valence-electron chi connectivity index (χ0n) is 17.6. The van der Waals surface area contributed by atoms with Gasteiger partial charge in [-0.05, 0) is 53.2 Å². The number of fused-ring (bicyclic) bond motifs is 1.